The molecular weight excluding hydrogens is 244 g/mol. The second-order valence-corrected chi connectivity index (χ2v) is 4.31. The number of nitrogens with zero attached hydrogens (tertiary/aromatic N) is 2. The lowest BCUT2D eigenvalue weighted by Crippen LogP contribution is -2.21. The lowest BCUT2D eigenvalue weighted by atomic mass is 10.1. The minimum absolute atomic E-state index is 0.200. The summed E-state index contributed by atoms with van der Waals surface area (Å²) in [6.45, 7) is 1.31. The highest BCUT2D eigenvalue weighted by Gasteiger charge is 2.19. The van der Waals surface area contributed by atoms with Crippen LogP contribution < -0.4 is 15.4 Å². The topological polar surface area (TPSA) is 68.2 Å². The average molecular weight is 258 g/mol. The first-order valence-corrected chi connectivity index (χ1v) is 6.04. The van der Waals surface area contributed by atoms with Crippen molar-refractivity contribution in [1.29, 1.82) is 0 Å². The Morgan fingerprint density at radius 1 is 1.53 bits per heavy atom. The number of carbonyl (C=O) groups excluding carboxylic acids is 1. The molecule has 98 valence electrons. The Labute approximate surface area is 110 Å². The van der Waals surface area contributed by atoms with Crippen LogP contribution in [0.1, 0.15) is 10.4 Å². The summed E-state index contributed by atoms with van der Waals surface area (Å²) in [7, 11) is 1.80. The molecule has 6 nitrogen and oxygen atoms in total. The zero-order valence-electron chi connectivity index (χ0n) is 10.5. The Morgan fingerprint density at radius 2 is 2.42 bits per heavy atom. The Morgan fingerprint density at radius 3 is 3.21 bits per heavy atom. The molecule has 0 unspecified atom stereocenters. The fourth-order valence-corrected chi connectivity index (χ4v) is 2.03. The van der Waals surface area contributed by atoms with Gasteiger partial charge >= 0.3 is 0 Å². The predicted octanol–water partition coefficient (Wildman–Crippen LogP) is 1.48. The highest BCUT2D eigenvalue weighted by Crippen LogP contribution is 2.31. The van der Waals surface area contributed by atoms with Gasteiger partial charge in [-0.15, -0.1) is 0 Å². The molecule has 0 saturated heterocycles. The third-order valence-electron chi connectivity index (χ3n) is 2.89. The summed E-state index contributed by atoms with van der Waals surface area (Å²) in [6.07, 6.45) is 3.35. The molecular formula is C13H14N4O2. The van der Waals surface area contributed by atoms with E-state index in [9.17, 15) is 4.79 Å². The van der Waals surface area contributed by atoms with Crippen molar-refractivity contribution in [2.75, 3.05) is 23.8 Å². The number of rotatable bonds is 2. The molecule has 2 N–H and O–H groups in total. The first-order chi connectivity index (χ1) is 9.24. The quantitative estimate of drug-likeness (QED) is 0.856. The van der Waals surface area contributed by atoms with Crippen molar-refractivity contribution >= 4 is 17.3 Å². The summed E-state index contributed by atoms with van der Waals surface area (Å²) >= 11 is 0. The summed E-state index contributed by atoms with van der Waals surface area (Å²) in [6, 6.07) is 5.48. The number of amides is 1. The van der Waals surface area contributed by atoms with Gasteiger partial charge in [0.25, 0.3) is 5.91 Å². The molecule has 2 aromatic rings. The van der Waals surface area contributed by atoms with Gasteiger partial charge in [0.05, 0.1) is 23.1 Å². The van der Waals surface area contributed by atoms with Crippen LogP contribution in [-0.2, 0) is 7.05 Å². The molecule has 1 aromatic heterocycles. The maximum atomic E-state index is 12.2. The maximum Gasteiger partial charge on any atom is 0.259 e. The van der Waals surface area contributed by atoms with Gasteiger partial charge in [0, 0.05) is 19.8 Å². The normalized spacial score (nSPS) is 13.1. The molecule has 19 heavy (non-hydrogen) atoms. The van der Waals surface area contributed by atoms with E-state index < -0.39 is 0 Å². The fraction of sp³-hybridized carbons (Fsp3) is 0.231. The third-order valence-corrected chi connectivity index (χ3v) is 2.89. The number of ether oxygens (including phenoxy) is 1. The van der Waals surface area contributed by atoms with E-state index in [1.807, 2.05) is 12.1 Å². The second kappa shape index (κ2) is 4.64. The molecule has 3 rings (SSSR count). The number of aryl methyl sites for hydroxylation is 1. The van der Waals surface area contributed by atoms with E-state index in [2.05, 4.69) is 15.7 Å². The van der Waals surface area contributed by atoms with Gasteiger partial charge in [-0.05, 0) is 12.1 Å². The smallest absolute Gasteiger partial charge is 0.259 e. The highest BCUT2D eigenvalue weighted by atomic mass is 16.5. The summed E-state index contributed by atoms with van der Waals surface area (Å²) in [5.74, 6) is 0.406. The molecule has 1 aliphatic rings. The molecule has 1 amide bonds. The summed E-state index contributed by atoms with van der Waals surface area (Å²) in [5.41, 5.74) is 2.03. The molecule has 0 radical (unpaired) electrons. The Balaban J connectivity index is 1.87. The molecule has 1 aromatic carbocycles. The summed E-state index contributed by atoms with van der Waals surface area (Å²) in [5, 5.41) is 10.0. The van der Waals surface area contributed by atoms with Crippen molar-refractivity contribution in [2.45, 2.75) is 0 Å². The molecule has 0 atom stereocenters. The van der Waals surface area contributed by atoms with Gasteiger partial charge in [-0.3, -0.25) is 9.48 Å². The number of hydrogen-bond acceptors (Lipinski definition) is 4. The van der Waals surface area contributed by atoms with Crippen LogP contribution in [0.2, 0.25) is 0 Å². The lowest BCUT2D eigenvalue weighted by molar-refractivity contribution is 0.102. The van der Waals surface area contributed by atoms with Gasteiger partial charge in [0.2, 0.25) is 0 Å². The number of para-hydroxylation sites is 1. The van der Waals surface area contributed by atoms with Crippen molar-refractivity contribution in [1.82, 2.24) is 9.78 Å². The largest absolute Gasteiger partial charge is 0.489 e. The molecule has 0 fully saturated rings. The number of hydrogen-bond donors (Lipinski definition) is 2. The molecule has 6 heteroatoms. The van der Waals surface area contributed by atoms with Crippen LogP contribution in [0.15, 0.2) is 30.6 Å². The first kappa shape index (κ1) is 11.6. The van der Waals surface area contributed by atoms with Crippen molar-refractivity contribution < 1.29 is 9.53 Å². The van der Waals surface area contributed by atoms with Crippen LogP contribution >= 0.6 is 0 Å². The zero-order valence-corrected chi connectivity index (χ0v) is 10.5. The van der Waals surface area contributed by atoms with Gasteiger partial charge < -0.3 is 15.4 Å². The number of fused-ring (bicyclic) bond motifs is 1. The van der Waals surface area contributed by atoms with Crippen molar-refractivity contribution in [3.8, 4) is 5.75 Å². The predicted molar refractivity (Wildman–Crippen MR) is 71.6 cm³/mol. The minimum Gasteiger partial charge on any atom is -0.489 e. The van der Waals surface area contributed by atoms with Crippen LogP contribution in [0.25, 0.3) is 0 Å². The van der Waals surface area contributed by atoms with Gasteiger partial charge in [0.15, 0.2) is 5.75 Å². The average Bonchev–Trinajstić information content (AvgIpc) is 2.83. The SMILES string of the molecule is Cn1cc(NC(=O)c2cccc3c2OCCN3)cn1. The van der Waals surface area contributed by atoms with Crippen molar-refractivity contribution in [3.05, 3.63) is 36.2 Å². The molecule has 1 aliphatic heterocycles. The summed E-state index contributed by atoms with van der Waals surface area (Å²) in [4.78, 5) is 12.2. The van der Waals surface area contributed by atoms with Gasteiger partial charge in [0.1, 0.15) is 6.61 Å². The number of carbonyl (C=O) groups is 1. The van der Waals surface area contributed by atoms with E-state index in [4.69, 9.17) is 4.74 Å². The van der Waals surface area contributed by atoms with E-state index in [0.717, 1.165) is 12.2 Å². The van der Waals surface area contributed by atoms with E-state index in [1.54, 1.807) is 30.2 Å². The van der Waals surface area contributed by atoms with E-state index in [-0.39, 0.29) is 5.91 Å². The second-order valence-electron chi connectivity index (χ2n) is 4.31. The molecule has 2 heterocycles. The van der Waals surface area contributed by atoms with Crippen LogP contribution in [-0.4, -0.2) is 28.8 Å². The monoisotopic (exact) mass is 258 g/mol. The van der Waals surface area contributed by atoms with Crippen molar-refractivity contribution in [2.24, 2.45) is 7.05 Å². The third kappa shape index (κ3) is 2.24. The number of anilines is 2. The zero-order chi connectivity index (χ0) is 13.2. The van der Waals surface area contributed by atoms with Crippen LogP contribution in [0.3, 0.4) is 0 Å². The number of aromatic nitrogens is 2. The first-order valence-electron chi connectivity index (χ1n) is 6.04. The summed E-state index contributed by atoms with van der Waals surface area (Å²) < 4.78 is 7.21. The Bertz CT molecular complexity index is 621. The molecule has 0 bridgehead atoms. The van der Waals surface area contributed by atoms with Crippen molar-refractivity contribution in [3.63, 3.8) is 0 Å². The van der Waals surface area contributed by atoms with Crippen LogP contribution in [0, 0.1) is 0 Å². The Hall–Kier alpha value is -2.50. The van der Waals surface area contributed by atoms with E-state index >= 15 is 0 Å². The fourth-order valence-electron chi connectivity index (χ4n) is 2.03. The number of nitrogens with one attached hydrogen (secondary N) is 2. The molecule has 0 spiro atoms. The molecule has 0 aliphatic carbocycles. The van der Waals surface area contributed by atoms with Gasteiger partial charge in [-0.2, -0.15) is 5.10 Å². The van der Waals surface area contributed by atoms with E-state index in [1.165, 1.54) is 0 Å². The van der Waals surface area contributed by atoms with Gasteiger partial charge in [-0.1, -0.05) is 6.07 Å². The number of benzene rings is 1. The Kier molecular flexibility index (Phi) is 2.83. The van der Waals surface area contributed by atoms with E-state index in [0.29, 0.717) is 23.6 Å². The molecule has 0 saturated carbocycles. The van der Waals surface area contributed by atoms with Gasteiger partial charge in [-0.25, -0.2) is 0 Å². The lowest BCUT2D eigenvalue weighted by Gasteiger charge is -2.21. The maximum absolute atomic E-state index is 12.2. The van der Waals surface area contributed by atoms with Crippen LogP contribution in [0.4, 0.5) is 11.4 Å². The standard InChI is InChI=1S/C13H14N4O2/c1-17-8-9(7-15-17)16-13(18)10-3-2-4-11-12(10)19-6-5-14-11/h2-4,7-8,14H,5-6H2,1H3,(H,16,18). The highest BCUT2D eigenvalue weighted by molar-refractivity contribution is 6.07. The van der Waals surface area contributed by atoms with Crippen LogP contribution in [0.5, 0.6) is 5.75 Å². The minimum atomic E-state index is -0.200.